The second-order valence-corrected chi connectivity index (χ2v) is 4.37. The van der Waals surface area contributed by atoms with Crippen LogP contribution in [0.3, 0.4) is 0 Å². The molecular weight excluding hydrogens is 276 g/mol. The van der Waals surface area contributed by atoms with Gasteiger partial charge in [0.25, 0.3) is 0 Å². The van der Waals surface area contributed by atoms with Crippen LogP contribution in [0.5, 0.6) is 0 Å². The van der Waals surface area contributed by atoms with Gasteiger partial charge in [-0.2, -0.15) is 0 Å². The van der Waals surface area contributed by atoms with Gasteiger partial charge in [0, 0.05) is 18.1 Å². The second-order valence-electron chi connectivity index (χ2n) is 4.37. The highest BCUT2D eigenvalue weighted by molar-refractivity contribution is 5.94. The van der Waals surface area contributed by atoms with Crippen LogP contribution in [0.2, 0.25) is 0 Å². The molecule has 0 aliphatic rings. The van der Waals surface area contributed by atoms with Crippen LogP contribution in [-0.2, 0) is 19.1 Å². The minimum absolute atomic E-state index is 0.0399. The number of methoxy groups -OCH3 is 1. The van der Waals surface area contributed by atoms with E-state index in [4.69, 9.17) is 5.11 Å². The fraction of sp³-hybridized carbons (Fsp3) is 0.400. The number of rotatable bonds is 9. The van der Waals surface area contributed by atoms with Crippen LogP contribution in [-0.4, -0.2) is 35.2 Å². The van der Waals surface area contributed by atoms with E-state index in [2.05, 4.69) is 11.3 Å². The molecule has 0 saturated carbocycles. The predicted molar refractivity (Wildman–Crippen MR) is 76.7 cm³/mol. The number of aliphatic carboxylic acids is 2. The van der Waals surface area contributed by atoms with Crippen molar-refractivity contribution >= 4 is 17.9 Å². The Morgan fingerprint density at radius 2 is 1.81 bits per heavy atom. The molecule has 0 bridgehead atoms. The van der Waals surface area contributed by atoms with Crippen LogP contribution in [0, 0.1) is 0 Å². The highest BCUT2D eigenvalue weighted by atomic mass is 16.5. The Kier molecular flexibility index (Phi) is 8.45. The van der Waals surface area contributed by atoms with E-state index in [1.165, 1.54) is 7.11 Å². The lowest BCUT2D eigenvalue weighted by Crippen LogP contribution is -2.09. The number of hydrogen-bond acceptors (Lipinski definition) is 4. The molecule has 6 nitrogen and oxygen atoms in total. The summed E-state index contributed by atoms with van der Waals surface area (Å²) in [4.78, 5) is 33.2. The van der Waals surface area contributed by atoms with Gasteiger partial charge in [0.2, 0.25) is 0 Å². The Hall–Kier alpha value is -2.37. The Morgan fingerprint density at radius 1 is 1.19 bits per heavy atom. The number of carboxylic acids is 2. The van der Waals surface area contributed by atoms with Crippen molar-refractivity contribution in [1.82, 2.24) is 0 Å². The number of carbonyl (C=O) groups is 3. The van der Waals surface area contributed by atoms with Gasteiger partial charge in [-0.3, -0.25) is 0 Å². The Morgan fingerprint density at radius 3 is 2.24 bits per heavy atom. The summed E-state index contributed by atoms with van der Waals surface area (Å²) in [6.45, 7) is 5.51. The molecule has 0 amide bonds. The molecule has 0 aromatic heterocycles. The lowest BCUT2D eigenvalue weighted by Gasteiger charge is -2.11. The summed E-state index contributed by atoms with van der Waals surface area (Å²) in [5, 5.41) is 17.8. The highest BCUT2D eigenvalue weighted by Crippen LogP contribution is 2.22. The zero-order chi connectivity index (χ0) is 16.4. The van der Waals surface area contributed by atoms with E-state index in [0.29, 0.717) is 12.0 Å². The normalized spacial score (nSPS) is 11.9. The van der Waals surface area contributed by atoms with E-state index in [-0.39, 0.29) is 17.6 Å². The van der Waals surface area contributed by atoms with Crippen molar-refractivity contribution in [3.05, 3.63) is 35.5 Å². The standard InChI is InChI=1S/C15H20O6/c1-4-5-6-11(9-10(2)15(20)21-3)12(14(18)19)7-8-13(16)17/h7-8H,2,4-6,9H2,1,3H3,(H,16,17)(H,18,19). The average Bonchev–Trinajstić information content (AvgIpc) is 2.42. The molecule has 116 valence electrons. The van der Waals surface area contributed by atoms with Gasteiger partial charge >= 0.3 is 17.9 Å². The minimum atomic E-state index is -1.24. The molecular formula is C15H20O6. The Bertz CT molecular complexity index is 484. The van der Waals surface area contributed by atoms with E-state index in [9.17, 15) is 19.5 Å². The molecule has 0 unspecified atom stereocenters. The Labute approximate surface area is 123 Å². The van der Waals surface area contributed by atoms with E-state index in [1.807, 2.05) is 6.92 Å². The molecule has 0 atom stereocenters. The lowest BCUT2D eigenvalue weighted by molar-refractivity contribution is -0.136. The van der Waals surface area contributed by atoms with E-state index >= 15 is 0 Å². The van der Waals surface area contributed by atoms with Gasteiger partial charge in [-0.25, -0.2) is 14.4 Å². The largest absolute Gasteiger partial charge is 0.478 e. The quantitative estimate of drug-likeness (QED) is 0.384. The summed E-state index contributed by atoms with van der Waals surface area (Å²) < 4.78 is 4.54. The summed E-state index contributed by atoms with van der Waals surface area (Å²) in [6, 6.07) is 0. The van der Waals surface area contributed by atoms with Crippen molar-refractivity contribution in [2.45, 2.75) is 32.6 Å². The maximum absolute atomic E-state index is 11.4. The number of unbranched alkanes of at least 4 members (excludes halogenated alkanes) is 1. The van der Waals surface area contributed by atoms with Crippen molar-refractivity contribution in [2.75, 3.05) is 7.11 Å². The van der Waals surface area contributed by atoms with Crippen LogP contribution < -0.4 is 0 Å². The van der Waals surface area contributed by atoms with Crippen LogP contribution in [0.4, 0.5) is 0 Å². The third-order valence-corrected chi connectivity index (χ3v) is 2.74. The Balaban J connectivity index is 5.51. The van der Waals surface area contributed by atoms with Crippen molar-refractivity contribution in [3.63, 3.8) is 0 Å². The molecule has 0 saturated heterocycles. The number of allylic oxidation sites excluding steroid dienone is 1. The summed E-state index contributed by atoms with van der Waals surface area (Å²) in [6.07, 6.45) is 3.83. The maximum atomic E-state index is 11.4. The van der Waals surface area contributed by atoms with Gasteiger partial charge in [-0.05, 0) is 18.9 Å². The van der Waals surface area contributed by atoms with Crippen molar-refractivity contribution < 1.29 is 29.3 Å². The van der Waals surface area contributed by atoms with Crippen molar-refractivity contribution in [1.29, 1.82) is 0 Å². The monoisotopic (exact) mass is 296 g/mol. The fourth-order valence-electron chi connectivity index (χ4n) is 1.68. The third kappa shape index (κ3) is 7.10. The van der Waals surface area contributed by atoms with Crippen LogP contribution >= 0.6 is 0 Å². The molecule has 0 aromatic rings. The summed E-state index contributed by atoms with van der Waals surface area (Å²) >= 11 is 0. The first kappa shape index (κ1) is 18.6. The highest BCUT2D eigenvalue weighted by Gasteiger charge is 2.16. The first-order chi connectivity index (χ1) is 9.83. The molecule has 0 aliphatic carbocycles. The summed E-state index contributed by atoms with van der Waals surface area (Å²) in [7, 11) is 1.21. The number of esters is 1. The van der Waals surface area contributed by atoms with E-state index in [1.54, 1.807) is 0 Å². The molecule has 0 aliphatic heterocycles. The molecule has 2 N–H and O–H groups in total. The molecule has 0 rings (SSSR count). The van der Waals surface area contributed by atoms with Crippen LogP contribution in [0.25, 0.3) is 0 Å². The molecule has 6 heteroatoms. The molecule has 0 aromatic carbocycles. The van der Waals surface area contributed by atoms with Crippen molar-refractivity contribution in [2.24, 2.45) is 0 Å². The van der Waals surface area contributed by atoms with Gasteiger partial charge in [0.15, 0.2) is 0 Å². The fourth-order valence-corrected chi connectivity index (χ4v) is 1.68. The third-order valence-electron chi connectivity index (χ3n) is 2.74. The maximum Gasteiger partial charge on any atom is 0.335 e. The average molecular weight is 296 g/mol. The molecule has 0 spiro atoms. The van der Waals surface area contributed by atoms with E-state index < -0.39 is 17.9 Å². The zero-order valence-corrected chi connectivity index (χ0v) is 12.2. The van der Waals surface area contributed by atoms with Gasteiger partial charge < -0.3 is 14.9 Å². The first-order valence-electron chi connectivity index (χ1n) is 6.45. The topological polar surface area (TPSA) is 101 Å². The van der Waals surface area contributed by atoms with Gasteiger partial charge in [0.1, 0.15) is 0 Å². The first-order valence-corrected chi connectivity index (χ1v) is 6.45. The SMILES string of the molecule is C=C(CC(CCCC)=C(C=CC(=O)O)C(=O)O)C(=O)OC. The van der Waals surface area contributed by atoms with Gasteiger partial charge in [0.05, 0.1) is 12.7 Å². The smallest absolute Gasteiger partial charge is 0.335 e. The number of ether oxygens (including phenoxy) is 1. The zero-order valence-electron chi connectivity index (χ0n) is 12.2. The molecule has 21 heavy (non-hydrogen) atoms. The molecule has 0 radical (unpaired) electrons. The second kappa shape index (κ2) is 9.52. The van der Waals surface area contributed by atoms with Crippen LogP contribution in [0.1, 0.15) is 32.6 Å². The predicted octanol–water partition coefficient (Wildman–Crippen LogP) is 2.32. The number of carboxylic acid groups (broad SMARTS) is 2. The molecule has 0 fully saturated rings. The lowest BCUT2D eigenvalue weighted by atomic mass is 9.95. The molecule has 0 heterocycles. The van der Waals surface area contributed by atoms with Crippen molar-refractivity contribution in [3.8, 4) is 0 Å². The van der Waals surface area contributed by atoms with Gasteiger partial charge in [-0.15, -0.1) is 0 Å². The van der Waals surface area contributed by atoms with Crippen LogP contribution in [0.15, 0.2) is 35.5 Å². The summed E-state index contributed by atoms with van der Waals surface area (Å²) in [5.41, 5.74) is 0.458. The number of carbonyl (C=O) groups excluding carboxylic acids is 1. The summed E-state index contributed by atoms with van der Waals surface area (Å²) in [5.74, 6) is -3.09. The minimum Gasteiger partial charge on any atom is -0.478 e. The van der Waals surface area contributed by atoms with Gasteiger partial charge in [-0.1, -0.05) is 25.5 Å². The number of hydrogen-bond donors (Lipinski definition) is 2. The van der Waals surface area contributed by atoms with E-state index in [0.717, 1.165) is 25.0 Å².